The molecule has 0 bridgehead atoms. The first-order valence-electron chi connectivity index (χ1n) is 10.4. The molecule has 1 N–H and O–H groups in total. The van der Waals surface area contributed by atoms with Gasteiger partial charge in [0.05, 0.1) is 28.7 Å². The molecule has 0 unspecified atom stereocenters. The average molecular weight is 484 g/mol. The highest BCUT2D eigenvalue weighted by molar-refractivity contribution is 6.42. The fraction of sp³-hybridized carbons (Fsp3) is 0.200. The molecule has 0 saturated carbocycles. The van der Waals surface area contributed by atoms with E-state index in [-0.39, 0.29) is 12.3 Å². The Balaban J connectivity index is 1.45. The number of amides is 1. The molecule has 1 amide bonds. The third-order valence-corrected chi connectivity index (χ3v) is 6.58. The third kappa shape index (κ3) is 3.84. The summed E-state index contributed by atoms with van der Waals surface area (Å²) in [6.45, 7) is 1.01. The first-order valence-corrected chi connectivity index (χ1v) is 11.1. The standard InChI is InChI=1S/C25H19Cl2NO5/c26-18-7-5-15(11-19(18)27)14-28-20-4-2-1-3-17(20)25(31,24(28)30)13-21(29)16-6-8-22-23(12-16)33-10-9-32-22/h1-8,11-12,31H,9-10,13-14H2/t25-/m0/s1. The van der Waals surface area contributed by atoms with Crippen LogP contribution in [-0.2, 0) is 16.9 Å². The Morgan fingerprint density at radius 3 is 2.52 bits per heavy atom. The summed E-state index contributed by atoms with van der Waals surface area (Å²) < 4.78 is 11.1. The van der Waals surface area contributed by atoms with Gasteiger partial charge in [-0.15, -0.1) is 0 Å². The number of ether oxygens (including phenoxy) is 2. The van der Waals surface area contributed by atoms with E-state index in [4.69, 9.17) is 32.7 Å². The van der Waals surface area contributed by atoms with Crippen LogP contribution in [0.3, 0.4) is 0 Å². The van der Waals surface area contributed by atoms with E-state index in [1.807, 2.05) is 0 Å². The lowest BCUT2D eigenvalue weighted by atomic mass is 9.88. The van der Waals surface area contributed by atoms with Crippen LogP contribution >= 0.6 is 23.2 Å². The van der Waals surface area contributed by atoms with Crippen molar-refractivity contribution in [2.45, 2.75) is 18.6 Å². The predicted molar refractivity (Wildman–Crippen MR) is 124 cm³/mol. The molecule has 0 aromatic heterocycles. The van der Waals surface area contributed by atoms with Gasteiger partial charge in [-0.05, 0) is 42.0 Å². The minimum Gasteiger partial charge on any atom is -0.486 e. The van der Waals surface area contributed by atoms with Gasteiger partial charge in [0.1, 0.15) is 13.2 Å². The van der Waals surface area contributed by atoms with Crippen LogP contribution in [0.5, 0.6) is 11.5 Å². The number of carbonyl (C=O) groups excluding carboxylic acids is 2. The van der Waals surface area contributed by atoms with Crippen LogP contribution in [0.25, 0.3) is 0 Å². The second-order valence-corrected chi connectivity index (χ2v) is 8.79. The number of Topliss-reactive ketones (excluding diaryl/α,β-unsaturated/α-hetero) is 1. The molecule has 0 aliphatic carbocycles. The summed E-state index contributed by atoms with van der Waals surface area (Å²) >= 11 is 12.1. The lowest BCUT2D eigenvalue weighted by Gasteiger charge is -2.23. The van der Waals surface area contributed by atoms with Crippen LogP contribution in [0, 0.1) is 0 Å². The van der Waals surface area contributed by atoms with Gasteiger partial charge in [-0.2, -0.15) is 0 Å². The third-order valence-electron chi connectivity index (χ3n) is 5.84. The number of aliphatic hydroxyl groups is 1. The average Bonchev–Trinajstić information content (AvgIpc) is 3.03. The maximum absolute atomic E-state index is 13.5. The number of hydrogen-bond acceptors (Lipinski definition) is 5. The molecule has 2 aliphatic heterocycles. The maximum atomic E-state index is 13.5. The lowest BCUT2D eigenvalue weighted by Crippen LogP contribution is -2.41. The van der Waals surface area contributed by atoms with E-state index in [9.17, 15) is 14.7 Å². The number of nitrogens with zero attached hydrogens (tertiary/aromatic N) is 1. The molecule has 3 aromatic carbocycles. The van der Waals surface area contributed by atoms with Gasteiger partial charge in [0, 0.05) is 11.1 Å². The van der Waals surface area contributed by atoms with Gasteiger partial charge in [-0.3, -0.25) is 9.59 Å². The number of anilines is 1. The van der Waals surface area contributed by atoms with Crippen molar-refractivity contribution in [2.24, 2.45) is 0 Å². The van der Waals surface area contributed by atoms with Crippen molar-refractivity contribution in [1.29, 1.82) is 0 Å². The SMILES string of the molecule is O=C(C[C@@]1(O)C(=O)N(Cc2ccc(Cl)c(Cl)c2)c2ccccc21)c1ccc2c(c1)OCCO2. The predicted octanol–water partition coefficient (Wildman–Crippen LogP) is 4.77. The second kappa shape index (κ2) is 8.37. The lowest BCUT2D eigenvalue weighted by molar-refractivity contribution is -0.136. The molecule has 0 fully saturated rings. The number of rotatable bonds is 5. The summed E-state index contributed by atoms with van der Waals surface area (Å²) in [5.74, 6) is 0.0831. The van der Waals surface area contributed by atoms with Gasteiger partial charge in [0.15, 0.2) is 22.9 Å². The molecule has 5 rings (SSSR count). The summed E-state index contributed by atoms with van der Waals surface area (Å²) in [6.07, 6.45) is -0.402. The summed E-state index contributed by atoms with van der Waals surface area (Å²) in [5.41, 5.74) is 0.0276. The van der Waals surface area contributed by atoms with E-state index < -0.39 is 17.9 Å². The Labute approximate surface area is 200 Å². The van der Waals surface area contributed by atoms with Crippen molar-refractivity contribution in [3.05, 3.63) is 87.4 Å². The van der Waals surface area contributed by atoms with Gasteiger partial charge in [-0.1, -0.05) is 47.5 Å². The van der Waals surface area contributed by atoms with Crippen LogP contribution in [-0.4, -0.2) is 30.0 Å². The van der Waals surface area contributed by atoms with E-state index >= 15 is 0 Å². The molecule has 6 nitrogen and oxygen atoms in total. The number of fused-ring (bicyclic) bond motifs is 2. The molecule has 33 heavy (non-hydrogen) atoms. The van der Waals surface area contributed by atoms with Crippen LogP contribution in [0.1, 0.15) is 27.9 Å². The van der Waals surface area contributed by atoms with Gasteiger partial charge < -0.3 is 19.5 Å². The Kier molecular flexibility index (Phi) is 5.52. The molecule has 2 aliphatic rings. The van der Waals surface area contributed by atoms with E-state index in [2.05, 4.69) is 0 Å². The highest BCUT2D eigenvalue weighted by atomic mass is 35.5. The maximum Gasteiger partial charge on any atom is 0.264 e. The smallest absolute Gasteiger partial charge is 0.264 e. The molecular weight excluding hydrogens is 465 g/mol. The van der Waals surface area contributed by atoms with Crippen molar-refractivity contribution in [3.63, 3.8) is 0 Å². The van der Waals surface area contributed by atoms with Gasteiger partial charge in [-0.25, -0.2) is 0 Å². The quantitative estimate of drug-likeness (QED) is 0.528. The monoisotopic (exact) mass is 483 g/mol. The molecule has 3 aromatic rings. The summed E-state index contributed by atoms with van der Waals surface area (Å²) in [7, 11) is 0. The van der Waals surface area contributed by atoms with Crippen molar-refractivity contribution >= 4 is 40.6 Å². The minimum absolute atomic E-state index is 0.174. The zero-order chi connectivity index (χ0) is 23.2. The first-order chi connectivity index (χ1) is 15.9. The van der Waals surface area contributed by atoms with Gasteiger partial charge in [0.2, 0.25) is 0 Å². The Bertz CT molecular complexity index is 1280. The van der Waals surface area contributed by atoms with E-state index in [0.29, 0.717) is 51.6 Å². The fourth-order valence-corrected chi connectivity index (χ4v) is 4.53. The van der Waals surface area contributed by atoms with Gasteiger partial charge >= 0.3 is 0 Å². The van der Waals surface area contributed by atoms with Crippen LogP contribution in [0.4, 0.5) is 5.69 Å². The summed E-state index contributed by atoms with van der Waals surface area (Å²) in [5, 5.41) is 12.3. The molecular formula is C25H19Cl2NO5. The first kappa shape index (κ1) is 21.8. The second-order valence-electron chi connectivity index (χ2n) is 7.98. The number of benzene rings is 3. The Morgan fingerprint density at radius 2 is 1.73 bits per heavy atom. The van der Waals surface area contributed by atoms with E-state index in [1.165, 1.54) is 4.90 Å². The molecule has 0 radical (unpaired) electrons. The van der Waals surface area contributed by atoms with E-state index in [0.717, 1.165) is 5.56 Å². The molecule has 168 valence electrons. The number of hydrogen-bond donors (Lipinski definition) is 1. The molecule has 8 heteroatoms. The number of ketones is 1. The topological polar surface area (TPSA) is 76.1 Å². The highest BCUT2D eigenvalue weighted by Crippen LogP contribution is 2.44. The zero-order valence-electron chi connectivity index (χ0n) is 17.4. The van der Waals surface area contributed by atoms with Crippen LogP contribution in [0.15, 0.2) is 60.7 Å². The largest absolute Gasteiger partial charge is 0.486 e. The highest BCUT2D eigenvalue weighted by Gasteiger charge is 2.50. The molecule has 0 spiro atoms. The number of carbonyl (C=O) groups is 2. The minimum atomic E-state index is -1.99. The van der Waals surface area contributed by atoms with Crippen molar-refractivity contribution in [3.8, 4) is 11.5 Å². The molecule has 2 heterocycles. The van der Waals surface area contributed by atoms with Gasteiger partial charge in [0.25, 0.3) is 5.91 Å². The normalized spacial score (nSPS) is 18.9. The Morgan fingerprint density at radius 1 is 0.970 bits per heavy atom. The fourth-order valence-electron chi connectivity index (χ4n) is 4.21. The van der Waals surface area contributed by atoms with Crippen LogP contribution < -0.4 is 14.4 Å². The number of para-hydroxylation sites is 1. The Hall–Kier alpha value is -3.06. The summed E-state index contributed by atoms with van der Waals surface area (Å²) in [4.78, 5) is 28.1. The van der Waals surface area contributed by atoms with Crippen LogP contribution in [0.2, 0.25) is 10.0 Å². The molecule has 1 atom stereocenters. The van der Waals surface area contributed by atoms with Crippen molar-refractivity contribution in [1.82, 2.24) is 0 Å². The van der Waals surface area contributed by atoms with E-state index in [1.54, 1.807) is 60.7 Å². The molecule has 0 saturated heterocycles. The number of halogens is 2. The summed E-state index contributed by atoms with van der Waals surface area (Å²) in [6, 6.07) is 16.9. The zero-order valence-corrected chi connectivity index (χ0v) is 18.9. The van der Waals surface area contributed by atoms with Crippen molar-refractivity contribution in [2.75, 3.05) is 18.1 Å². The van der Waals surface area contributed by atoms with Crippen molar-refractivity contribution < 1.29 is 24.2 Å².